The summed E-state index contributed by atoms with van der Waals surface area (Å²) in [4.78, 5) is 13.0. The lowest BCUT2D eigenvalue weighted by Crippen LogP contribution is -2.48. The zero-order valence-corrected chi connectivity index (χ0v) is 17.7. The average molecular weight is 434 g/mol. The average Bonchev–Trinajstić information content (AvgIpc) is 2.92. The Morgan fingerprint density at radius 1 is 1.19 bits per heavy atom. The molecule has 1 spiro atoms. The molecule has 2 aliphatic rings. The first-order valence-corrected chi connectivity index (χ1v) is 9.73. The number of methoxy groups -OCH3 is 3. The van der Waals surface area contributed by atoms with Crippen LogP contribution in [0.5, 0.6) is 5.75 Å². The summed E-state index contributed by atoms with van der Waals surface area (Å²) < 4.78 is 17.6. The van der Waals surface area contributed by atoms with Crippen molar-refractivity contribution in [2.45, 2.75) is 44.2 Å². The molecule has 0 radical (unpaired) electrons. The van der Waals surface area contributed by atoms with Gasteiger partial charge in [-0.15, -0.1) is 5.92 Å². The summed E-state index contributed by atoms with van der Waals surface area (Å²) in [5.74, 6) is 7.03. The van der Waals surface area contributed by atoms with Crippen LogP contribution in [0.2, 0.25) is 0 Å². The van der Waals surface area contributed by atoms with Crippen LogP contribution >= 0.6 is 15.9 Å². The van der Waals surface area contributed by atoms with Crippen molar-refractivity contribution >= 4 is 27.4 Å². The second kappa shape index (κ2) is 7.95. The van der Waals surface area contributed by atoms with Crippen LogP contribution in [0.25, 0.3) is 5.57 Å². The smallest absolute Gasteiger partial charge is 0.256 e. The van der Waals surface area contributed by atoms with Gasteiger partial charge >= 0.3 is 0 Å². The Labute approximate surface area is 168 Å². The summed E-state index contributed by atoms with van der Waals surface area (Å²) in [6, 6.07) is 3.74. The molecule has 1 aromatic carbocycles. The quantitative estimate of drug-likeness (QED) is 0.736. The van der Waals surface area contributed by atoms with E-state index in [1.165, 1.54) is 0 Å². The highest BCUT2D eigenvalue weighted by molar-refractivity contribution is 9.10. The molecule has 1 aliphatic heterocycles. The van der Waals surface area contributed by atoms with Crippen LogP contribution in [0.1, 0.15) is 43.7 Å². The van der Waals surface area contributed by atoms with Gasteiger partial charge in [-0.05, 0) is 60.7 Å². The van der Waals surface area contributed by atoms with Crippen molar-refractivity contribution in [3.05, 3.63) is 33.5 Å². The molecule has 27 heavy (non-hydrogen) atoms. The first-order valence-electron chi connectivity index (χ1n) is 8.94. The molecule has 0 saturated heterocycles. The molecule has 1 aliphatic carbocycles. The van der Waals surface area contributed by atoms with Crippen LogP contribution in [0.4, 0.5) is 0 Å². The van der Waals surface area contributed by atoms with Crippen LogP contribution in [0, 0.1) is 11.8 Å². The van der Waals surface area contributed by atoms with E-state index in [1.807, 2.05) is 12.1 Å². The minimum atomic E-state index is -0.484. The van der Waals surface area contributed by atoms with Crippen LogP contribution < -0.4 is 10.1 Å². The van der Waals surface area contributed by atoms with E-state index in [0.717, 1.165) is 35.7 Å². The van der Waals surface area contributed by atoms with Gasteiger partial charge in [0.25, 0.3) is 5.91 Å². The maximum atomic E-state index is 13.0. The molecule has 1 N–H and O–H groups in total. The lowest BCUT2D eigenvalue weighted by atomic mass is 9.79. The van der Waals surface area contributed by atoms with Gasteiger partial charge < -0.3 is 19.5 Å². The lowest BCUT2D eigenvalue weighted by Gasteiger charge is -2.37. The third-order valence-corrected chi connectivity index (χ3v) is 5.98. The van der Waals surface area contributed by atoms with Gasteiger partial charge in [0.15, 0.2) is 0 Å². The molecule has 3 rings (SSSR count). The number of hydrogen-bond donors (Lipinski definition) is 1. The molecule has 1 amide bonds. The maximum Gasteiger partial charge on any atom is 0.256 e. The second-order valence-electron chi connectivity index (χ2n) is 6.79. The summed E-state index contributed by atoms with van der Waals surface area (Å²) in [6.45, 7) is 1.78. The second-order valence-corrected chi connectivity index (χ2v) is 7.64. The van der Waals surface area contributed by atoms with Gasteiger partial charge in [-0.3, -0.25) is 4.79 Å². The molecule has 5 nitrogen and oxygen atoms in total. The molecule has 1 saturated carbocycles. The summed E-state index contributed by atoms with van der Waals surface area (Å²) in [7, 11) is 4.95. The summed E-state index contributed by atoms with van der Waals surface area (Å²) in [6.07, 6.45) is 3.54. The molecule has 1 heterocycles. The predicted octanol–water partition coefficient (Wildman–Crippen LogP) is 3.64. The van der Waals surface area contributed by atoms with Crippen molar-refractivity contribution in [3.63, 3.8) is 0 Å². The van der Waals surface area contributed by atoms with Crippen molar-refractivity contribution in [3.8, 4) is 17.6 Å². The molecule has 1 fully saturated rings. The normalized spacial score (nSPS) is 24.5. The first kappa shape index (κ1) is 19.8. The number of rotatable bonds is 4. The molecule has 0 bridgehead atoms. The van der Waals surface area contributed by atoms with Gasteiger partial charge in [-0.25, -0.2) is 0 Å². The number of amides is 1. The van der Waals surface area contributed by atoms with Crippen molar-refractivity contribution < 1.29 is 19.0 Å². The van der Waals surface area contributed by atoms with Crippen LogP contribution in [-0.2, 0) is 14.3 Å². The zero-order chi connectivity index (χ0) is 19.6. The minimum Gasteiger partial charge on any atom is -0.498 e. The predicted molar refractivity (Wildman–Crippen MR) is 107 cm³/mol. The Bertz CT molecular complexity index is 842. The van der Waals surface area contributed by atoms with E-state index < -0.39 is 5.54 Å². The van der Waals surface area contributed by atoms with Crippen molar-refractivity contribution in [1.82, 2.24) is 5.32 Å². The maximum absolute atomic E-state index is 13.0. The van der Waals surface area contributed by atoms with Crippen molar-refractivity contribution in [1.29, 1.82) is 0 Å². The van der Waals surface area contributed by atoms with Crippen LogP contribution in [-0.4, -0.2) is 38.9 Å². The van der Waals surface area contributed by atoms with Gasteiger partial charge in [0.1, 0.15) is 11.5 Å². The Balaban J connectivity index is 2.13. The SMILES string of the molecule is CC#Cc1cc(Br)c(C2=C(OC)C3(CCC(OC)CC3)NC2=O)c(OC)c1. The number of carbonyl (C=O) groups is 1. The Morgan fingerprint density at radius 3 is 2.44 bits per heavy atom. The first-order chi connectivity index (χ1) is 13.0. The Kier molecular flexibility index (Phi) is 5.83. The highest BCUT2D eigenvalue weighted by atomic mass is 79.9. The molecular weight excluding hydrogens is 410 g/mol. The fourth-order valence-electron chi connectivity index (χ4n) is 4.08. The number of carbonyl (C=O) groups excluding carboxylic acids is 1. The Morgan fingerprint density at radius 2 is 1.89 bits per heavy atom. The van der Waals surface area contributed by atoms with E-state index in [1.54, 1.807) is 28.3 Å². The number of hydrogen-bond acceptors (Lipinski definition) is 4. The van der Waals surface area contributed by atoms with Gasteiger partial charge in [-0.2, -0.15) is 0 Å². The highest BCUT2D eigenvalue weighted by Crippen LogP contribution is 2.46. The van der Waals surface area contributed by atoms with E-state index in [4.69, 9.17) is 14.2 Å². The molecule has 0 atom stereocenters. The van der Waals surface area contributed by atoms with Crippen molar-refractivity contribution in [2.75, 3.05) is 21.3 Å². The number of nitrogens with one attached hydrogen (secondary N) is 1. The van der Waals surface area contributed by atoms with Gasteiger partial charge in [0.05, 0.1) is 31.4 Å². The standard InChI is InChI=1S/C21H24BrNO4/c1-5-6-13-11-15(22)17(16(12-13)26-3)18-19(27-4)21(23-20(18)24)9-7-14(25-2)8-10-21/h11-12,14H,7-10H2,1-4H3,(H,23,24). The van der Waals surface area contributed by atoms with E-state index in [-0.39, 0.29) is 12.0 Å². The summed E-state index contributed by atoms with van der Waals surface area (Å²) in [5.41, 5.74) is 1.55. The fourth-order valence-corrected chi connectivity index (χ4v) is 4.72. The molecular formula is C21H24BrNO4. The molecule has 144 valence electrons. The molecule has 1 aromatic rings. The monoisotopic (exact) mass is 433 g/mol. The third-order valence-electron chi connectivity index (χ3n) is 5.36. The molecule has 6 heteroatoms. The topological polar surface area (TPSA) is 56.8 Å². The van der Waals surface area contributed by atoms with Gasteiger partial charge in [0, 0.05) is 22.7 Å². The number of halogens is 1. The Hall–Kier alpha value is -1.97. The largest absolute Gasteiger partial charge is 0.498 e. The molecule has 0 unspecified atom stereocenters. The highest BCUT2D eigenvalue weighted by Gasteiger charge is 2.49. The molecule has 0 aromatic heterocycles. The summed E-state index contributed by atoms with van der Waals surface area (Å²) in [5, 5.41) is 3.18. The zero-order valence-electron chi connectivity index (χ0n) is 16.1. The van der Waals surface area contributed by atoms with Crippen LogP contribution in [0.3, 0.4) is 0 Å². The minimum absolute atomic E-state index is 0.143. The van der Waals surface area contributed by atoms with E-state index in [9.17, 15) is 4.79 Å². The fraction of sp³-hybridized carbons (Fsp3) is 0.476. The van der Waals surface area contributed by atoms with E-state index in [2.05, 4.69) is 33.1 Å². The summed E-state index contributed by atoms with van der Waals surface area (Å²) >= 11 is 3.60. The lowest BCUT2D eigenvalue weighted by molar-refractivity contribution is -0.116. The third kappa shape index (κ3) is 3.46. The van der Waals surface area contributed by atoms with E-state index in [0.29, 0.717) is 22.6 Å². The van der Waals surface area contributed by atoms with Crippen molar-refractivity contribution in [2.24, 2.45) is 0 Å². The number of ether oxygens (including phenoxy) is 3. The van der Waals surface area contributed by atoms with Gasteiger partial charge in [0.2, 0.25) is 0 Å². The number of benzene rings is 1. The van der Waals surface area contributed by atoms with Crippen LogP contribution in [0.15, 0.2) is 22.4 Å². The van der Waals surface area contributed by atoms with Gasteiger partial charge in [-0.1, -0.05) is 5.92 Å². The van der Waals surface area contributed by atoms with E-state index >= 15 is 0 Å².